The van der Waals surface area contributed by atoms with Gasteiger partial charge in [0, 0.05) is 31.5 Å². The van der Waals surface area contributed by atoms with Gasteiger partial charge in [0.2, 0.25) is 12.4 Å². The molecule has 1 fully saturated rings. The van der Waals surface area contributed by atoms with Crippen molar-refractivity contribution in [2.45, 2.75) is 51.5 Å². The van der Waals surface area contributed by atoms with Crippen LogP contribution >= 0.6 is 0 Å². The van der Waals surface area contributed by atoms with Crippen molar-refractivity contribution in [3.63, 3.8) is 0 Å². The van der Waals surface area contributed by atoms with Crippen molar-refractivity contribution in [1.82, 2.24) is 0 Å². The third-order valence-electron chi connectivity index (χ3n) is 6.57. The normalized spacial score (nSPS) is 22.9. The Bertz CT molecular complexity index is 1560. The fourth-order valence-corrected chi connectivity index (χ4v) is 5.11. The zero-order chi connectivity index (χ0) is 27.8. The van der Waals surface area contributed by atoms with Crippen LogP contribution in [0.15, 0.2) is 54.6 Å². The molecule has 0 bridgehead atoms. The summed E-state index contributed by atoms with van der Waals surface area (Å²) in [7, 11) is 1.13. The zero-order valence-corrected chi connectivity index (χ0v) is 21.7. The maximum absolute atomic E-state index is 12.7. The van der Waals surface area contributed by atoms with Crippen LogP contribution in [0.4, 0.5) is 0 Å². The number of esters is 4. The Morgan fingerprint density at radius 1 is 0.667 bits per heavy atom. The van der Waals surface area contributed by atoms with Crippen molar-refractivity contribution < 1.29 is 47.6 Å². The van der Waals surface area contributed by atoms with Gasteiger partial charge in [-0.1, -0.05) is 42.5 Å². The van der Waals surface area contributed by atoms with E-state index in [1.165, 1.54) is 0 Å². The monoisotopic (exact) mass is 534 g/mol. The maximum Gasteiger partial charge on any atom is 0.339 e. The summed E-state index contributed by atoms with van der Waals surface area (Å²) in [6.45, 7) is 3.41. The molecule has 1 saturated heterocycles. The highest BCUT2D eigenvalue weighted by molar-refractivity contribution is 6.24. The molecule has 10 nitrogen and oxygen atoms in total. The highest BCUT2D eigenvalue weighted by Crippen LogP contribution is 2.40. The minimum Gasteiger partial charge on any atom is -0.467 e. The second-order valence-electron chi connectivity index (χ2n) is 9.21. The van der Waals surface area contributed by atoms with Gasteiger partial charge in [-0.05, 0) is 33.7 Å². The fourth-order valence-electron chi connectivity index (χ4n) is 5.11. The third kappa shape index (κ3) is 4.90. The molecule has 10 heteroatoms. The molecule has 0 aliphatic carbocycles. The smallest absolute Gasteiger partial charge is 0.339 e. The molecule has 4 aromatic carbocycles. The van der Waals surface area contributed by atoms with Crippen LogP contribution in [0.3, 0.4) is 0 Å². The van der Waals surface area contributed by atoms with E-state index in [9.17, 15) is 19.2 Å². The molecule has 4 aromatic rings. The van der Waals surface area contributed by atoms with Gasteiger partial charge >= 0.3 is 23.9 Å². The van der Waals surface area contributed by atoms with Crippen LogP contribution in [0.1, 0.15) is 20.8 Å². The Morgan fingerprint density at radius 2 is 1.21 bits per heavy atom. The predicted octanol–water partition coefficient (Wildman–Crippen LogP) is 3.66. The van der Waals surface area contributed by atoms with Crippen LogP contribution in [-0.2, 0) is 42.9 Å². The van der Waals surface area contributed by atoms with Gasteiger partial charge in [-0.15, -0.1) is 0 Å². The molecular weight excluding hydrogens is 508 g/mol. The topological polar surface area (TPSA) is 124 Å². The lowest BCUT2D eigenvalue weighted by Crippen LogP contribution is -2.64. The van der Waals surface area contributed by atoms with Crippen molar-refractivity contribution in [2.24, 2.45) is 0 Å². The first-order valence-electron chi connectivity index (χ1n) is 12.3. The molecule has 5 atom stereocenters. The molecule has 1 heterocycles. The van der Waals surface area contributed by atoms with E-state index in [1.807, 2.05) is 48.5 Å². The highest BCUT2D eigenvalue weighted by Gasteiger charge is 2.55. The number of carbonyl (C=O) groups is 4. The number of hydrogen-bond donors (Lipinski definition) is 0. The molecule has 1 aliphatic rings. The summed E-state index contributed by atoms with van der Waals surface area (Å²) >= 11 is 0. The van der Waals surface area contributed by atoms with Gasteiger partial charge < -0.3 is 28.4 Å². The number of methoxy groups -OCH3 is 1. The standard InChI is InChI=1S/C29H26O10/c1-14(30)35-24-25(36-15(2)31)27(37-16(3)32)29(39-26(24)28(33)34-4)38-21-13-11-19-9-8-17-6-5-7-18-10-12-20(21)23(19)22(17)18/h5-13,24-27,29H,1-4H3. The number of ether oxygens (including phenoxy) is 6. The summed E-state index contributed by atoms with van der Waals surface area (Å²) in [4.78, 5) is 48.8. The zero-order valence-electron chi connectivity index (χ0n) is 21.7. The van der Waals surface area contributed by atoms with Gasteiger partial charge in [0.25, 0.3) is 0 Å². The van der Waals surface area contributed by atoms with E-state index in [0.29, 0.717) is 5.75 Å². The lowest BCUT2D eigenvalue weighted by molar-refractivity contribution is -0.282. The number of benzene rings is 4. The molecular formula is C29H26O10. The molecule has 0 N–H and O–H groups in total. The van der Waals surface area contributed by atoms with Gasteiger partial charge in [0.15, 0.2) is 18.3 Å². The lowest BCUT2D eigenvalue weighted by Gasteiger charge is -2.43. The molecule has 5 rings (SSSR count). The minimum atomic E-state index is -1.54. The van der Waals surface area contributed by atoms with Crippen molar-refractivity contribution in [3.8, 4) is 5.75 Å². The highest BCUT2D eigenvalue weighted by atomic mass is 16.7. The molecule has 0 radical (unpaired) electrons. The molecule has 0 amide bonds. The summed E-state index contributed by atoms with van der Waals surface area (Å²) in [6.07, 6.45) is -7.27. The van der Waals surface area contributed by atoms with E-state index >= 15 is 0 Å². The van der Waals surface area contributed by atoms with Crippen molar-refractivity contribution in [3.05, 3.63) is 54.6 Å². The SMILES string of the molecule is COC(=O)C1OC(Oc2ccc3ccc4cccc5ccc2c3c45)C(OC(C)=O)C(OC(C)=O)C1OC(C)=O. The lowest BCUT2D eigenvalue weighted by atomic mass is 9.94. The predicted molar refractivity (Wildman–Crippen MR) is 138 cm³/mol. The van der Waals surface area contributed by atoms with Crippen LogP contribution in [0.2, 0.25) is 0 Å². The van der Waals surface area contributed by atoms with Crippen LogP contribution < -0.4 is 4.74 Å². The third-order valence-corrected chi connectivity index (χ3v) is 6.57. The van der Waals surface area contributed by atoms with Gasteiger partial charge in [0.05, 0.1) is 7.11 Å². The first-order valence-corrected chi connectivity index (χ1v) is 12.3. The quantitative estimate of drug-likeness (QED) is 0.206. The minimum absolute atomic E-state index is 0.374. The fraction of sp³-hybridized carbons (Fsp3) is 0.310. The van der Waals surface area contributed by atoms with Crippen molar-refractivity contribution >= 4 is 56.2 Å². The van der Waals surface area contributed by atoms with Crippen LogP contribution in [-0.4, -0.2) is 61.7 Å². The number of rotatable bonds is 6. The molecule has 0 saturated carbocycles. The summed E-state index contributed by atoms with van der Waals surface area (Å²) in [6, 6.07) is 17.6. The average Bonchev–Trinajstić information content (AvgIpc) is 2.90. The van der Waals surface area contributed by atoms with Gasteiger partial charge in [-0.25, -0.2) is 4.79 Å². The Labute approximate surface area is 223 Å². The Morgan fingerprint density at radius 3 is 1.82 bits per heavy atom. The van der Waals surface area contributed by atoms with E-state index in [4.69, 9.17) is 28.4 Å². The van der Waals surface area contributed by atoms with Crippen molar-refractivity contribution in [2.75, 3.05) is 7.11 Å². The summed E-state index contributed by atoms with van der Waals surface area (Å²) < 4.78 is 33.3. The molecule has 39 heavy (non-hydrogen) atoms. The molecule has 1 aliphatic heterocycles. The van der Waals surface area contributed by atoms with Crippen molar-refractivity contribution in [1.29, 1.82) is 0 Å². The molecule has 202 valence electrons. The first-order chi connectivity index (χ1) is 18.7. The van der Waals surface area contributed by atoms with Crippen LogP contribution in [0.25, 0.3) is 32.3 Å². The molecule has 0 aromatic heterocycles. The molecule has 0 spiro atoms. The van der Waals surface area contributed by atoms with E-state index in [0.717, 1.165) is 60.2 Å². The second-order valence-corrected chi connectivity index (χ2v) is 9.21. The van der Waals surface area contributed by atoms with E-state index in [1.54, 1.807) is 6.07 Å². The first kappa shape index (κ1) is 26.2. The maximum atomic E-state index is 12.7. The Kier molecular flexibility index (Phi) is 6.96. The summed E-state index contributed by atoms with van der Waals surface area (Å²) in [5, 5.41) is 5.87. The van der Waals surface area contributed by atoms with E-state index in [-0.39, 0.29) is 0 Å². The number of hydrogen-bond acceptors (Lipinski definition) is 10. The van der Waals surface area contributed by atoms with Gasteiger partial charge in [0.1, 0.15) is 5.75 Å². The Balaban J connectivity index is 1.62. The van der Waals surface area contributed by atoms with Gasteiger partial charge in [-0.2, -0.15) is 0 Å². The molecule has 5 unspecified atom stereocenters. The second kappa shape index (κ2) is 10.4. The average molecular weight is 535 g/mol. The van der Waals surface area contributed by atoms with Gasteiger partial charge in [-0.3, -0.25) is 14.4 Å². The number of carbonyl (C=O) groups excluding carboxylic acids is 4. The Hall–Kier alpha value is -4.44. The van der Waals surface area contributed by atoms with E-state index < -0.39 is 54.6 Å². The summed E-state index contributed by atoms with van der Waals surface area (Å²) in [5.41, 5.74) is 0. The van der Waals surface area contributed by atoms with Crippen LogP contribution in [0, 0.1) is 0 Å². The van der Waals surface area contributed by atoms with Crippen LogP contribution in [0.5, 0.6) is 5.75 Å². The summed E-state index contributed by atoms with van der Waals surface area (Å²) in [5.74, 6) is -2.80. The largest absolute Gasteiger partial charge is 0.467 e. The van der Waals surface area contributed by atoms with E-state index in [2.05, 4.69) is 0 Å².